The maximum Gasteiger partial charge on any atom is 0.417 e. The Morgan fingerprint density at radius 1 is 0.603 bits per heavy atom. The molecule has 0 spiro atoms. The summed E-state index contributed by atoms with van der Waals surface area (Å²) < 4.78 is 48.9. The number of anilines is 4. The Kier molecular flexibility index (Phi) is 29.1. The van der Waals surface area contributed by atoms with Crippen molar-refractivity contribution in [1.29, 1.82) is 0 Å². The molecule has 11 heterocycles. The summed E-state index contributed by atoms with van der Waals surface area (Å²) in [4.78, 5) is 112. The number of halogens is 5. The number of hydrogen-bond donors (Lipinski definition) is 4. The second-order valence-corrected chi connectivity index (χ2v) is 37.8. The van der Waals surface area contributed by atoms with Crippen LogP contribution in [0.25, 0.3) is 0 Å². The summed E-state index contributed by atoms with van der Waals surface area (Å²) >= 11 is 13.6. The van der Waals surface area contributed by atoms with E-state index in [-0.39, 0.29) is 98.0 Å². The number of benzene rings is 3. The Morgan fingerprint density at radius 2 is 1.06 bits per heavy atom. The number of carbonyl (C=O) groups is 8. The number of carbonyl (C=O) groups excluding carboxylic acids is 8. The van der Waals surface area contributed by atoms with Gasteiger partial charge in [0.05, 0.1) is 136 Å². The highest BCUT2D eigenvalue weighted by Gasteiger charge is 2.44. The molecule has 3 aromatic heterocycles. The molecule has 3 aromatic carbocycles. The maximum atomic E-state index is 13.4. The summed E-state index contributed by atoms with van der Waals surface area (Å²) in [6.45, 7) is 43.6. The van der Waals surface area contributed by atoms with E-state index in [1.165, 1.54) is 36.5 Å². The van der Waals surface area contributed by atoms with Gasteiger partial charge in [-0.3, -0.25) is 58.1 Å². The third kappa shape index (κ3) is 24.5. The van der Waals surface area contributed by atoms with Gasteiger partial charge in [0, 0.05) is 82.4 Å². The third-order valence-electron chi connectivity index (χ3n) is 20.1. The monoisotopic (exact) mass is 1760 g/mol. The molecule has 6 aromatic rings. The summed E-state index contributed by atoms with van der Waals surface area (Å²) in [5.74, 6) is -0.0784. The number of para-hydroxylation sites is 1. The molecule has 14 rings (SSSR count). The number of ether oxygens (including phenoxy) is 3. The van der Waals surface area contributed by atoms with Gasteiger partial charge < -0.3 is 50.2 Å². The Balaban J connectivity index is 0.000000164. The van der Waals surface area contributed by atoms with Crippen molar-refractivity contribution in [2.45, 2.75) is 231 Å². The topological polar surface area (TPSA) is 312 Å². The Hall–Kier alpha value is -9.21. The predicted molar refractivity (Wildman–Crippen MR) is 452 cm³/mol. The second kappa shape index (κ2) is 37.2. The highest BCUT2D eigenvalue weighted by molar-refractivity contribution is 14.1. The van der Waals surface area contributed by atoms with Crippen molar-refractivity contribution < 1.29 is 61.3 Å². The molecule has 4 atom stereocenters. The largest absolute Gasteiger partial charge is 0.444 e. The number of rotatable bonds is 8. The van der Waals surface area contributed by atoms with E-state index in [9.17, 15) is 47.1 Å². The van der Waals surface area contributed by atoms with Crippen LogP contribution in [0.5, 0.6) is 5.75 Å². The first-order valence-corrected chi connectivity index (χ1v) is 40.8. The molecule has 4 unspecified atom stereocenters. The van der Waals surface area contributed by atoms with E-state index in [0.717, 1.165) is 69.6 Å². The van der Waals surface area contributed by atoms with E-state index in [1.54, 1.807) is 62.3 Å². The first-order chi connectivity index (χ1) is 54.1. The molecule has 0 aliphatic carbocycles. The van der Waals surface area contributed by atoms with E-state index >= 15 is 0 Å². The highest BCUT2D eigenvalue weighted by Crippen LogP contribution is 2.40. The fourth-order valence-electron chi connectivity index (χ4n) is 14.2. The van der Waals surface area contributed by atoms with Crippen LogP contribution >= 0.6 is 45.8 Å². The minimum Gasteiger partial charge on any atom is -0.444 e. The summed E-state index contributed by atoms with van der Waals surface area (Å²) in [5.41, 5.74) is 12.0. The molecule has 8 aliphatic heterocycles. The lowest BCUT2D eigenvalue weighted by Gasteiger charge is -2.36. The van der Waals surface area contributed by atoms with Crippen LogP contribution in [0.3, 0.4) is 0 Å². The van der Waals surface area contributed by atoms with E-state index in [0.29, 0.717) is 101 Å². The molecule has 8 amide bonds. The molecule has 33 heteroatoms. The third-order valence-corrected chi connectivity index (χ3v) is 21.7. The molecule has 28 nitrogen and oxygen atoms in total. The van der Waals surface area contributed by atoms with Crippen molar-refractivity contribution >= 4 is 122 Å². The standard InChI is InChI=1S/C21H24ClFN4O2.C18H28N4O3.C13H9ClFNO2.C13H20N4O.C12H20IN3O2.C6H11NO/c1-13-10-27-18(17(9-24-27)26-12-21(2,3)8-20(26)29)11-25(13)19(28)7-14-4-5-16(23)15(22)6-14;1-12-9-22-14(10-20(12)16(24)25-17(2,3)4)13(8-19-22)21-11-18(5,6)7-15(21)23;14-11-8-9(6-7-12(11)15)16-13(17)18-10-4-2-1-3-5-10;1-9-7-17-11(5-14-9)10(6-15-17)16-8-13(2,3)4-12(16)18;1-8-6-15-10(9(13)5-14)7-16(8)11(17)18-12(2,3)4;1-6(2)3-5(8)7-4-6/h4-6,9,13H,7-8,10-12H2,1-3H3;8,12H,7,9-11H2,1-6H3;1-8H,(H,16,17);6,9,14H,4-5,7-8H2,1-3H3;5,8H,6-7,14H2,1-4H3;3-4H2,1-2H3,(H,7,8). The van der Waals surface area contributed by atoms with Crippen LogP contribution in [-0.2, 0) is 79.1 Å². The summed E-state index contributed by atoms with van der Waals surface area (Å²) in [6, 6.07) is 17.3. The molecule has 630 valence electrons. The first kappa shape index (κ1) is 90.7. The number of fused-ring (bicyclic) bond motifs is 3. The van der Waals surface area contributed by atoms with E-state index in [2.05, 4.69) is 121 Å². The zero-order valence-electron chi connectivity index (χ0n) is 69.8. The van der Waals surface area contributed by atoms with Crippen LogP contribution in [-0.4, -0.2) is 172 Å². The van der Waals surface area contributed by atoms with Gasteiger partial charge in [-0.2, -0.15) is 15.3 Å². The number of amides is 8. The zero-order valence-corrected chi connectivity index (χ0v) is 73.4. The zero-order chi connectivity index (χ0) is 85.5. The van der Waals surface area contributed by atoms with E-state index in [4.69, 9.17) is 43.1 Å². The van der Waals surface area contributed by atoms with E-state index < -0.39 is 28.9 Å². The van der Waals surface area contributed by atoms with Gasteiger partial charge in [-0.1, -0.05) is 103 Å². The normalized spacial score (nSPS) is 20.9. The van der Waals surface area contributed by atoms with Crippen LogP contribution < -0.4 is 41.1 Å². The number of nitrogens with two attached hydrogens (primary N) is 1. The van der Waals surface area contributed by atoms with Gasteiger partial charge >= 0.3 is 18.3 Å². The fraction of sp³-hybridized carbons (Fsp3) is 0.542. The molecule has 0 radical (unpaired) electrons. The summed E-state index contributed by atoms with van der Waals surface area (Å²) in [5, 5.41) is 21.9. The SMILES string of the molecule is CC1(C)CNC(=O)C1.CC1CN=C(C(I)=CN)CN1C(=O)OC(C)(C)C.CC1Cn2ncc(N3CC(C)(C)CC3=O)c2CN1.CC1Cn2ncc(N3CC(C)(C)CC3=O)c2CN1C(=O)Cc1ccc(F)c(Cl)c1.CC1Cn2ncc(N3CC(C)(C)CC3=O)c2CN1C(=O)OC(C)(C)C.O=C(Nc1ccc(F)c(Cl)c1)Oc1ccccc1. The predicted octanol–water partition coefficient (Wildman–Crippen LogP) is 14.3. The van der Waals surface area contributed by atoms with Crippen LogP contribution in [0.4, 0.5) is 45.9 Å². The minimum atomic E-state index is -0.663. The van der Waals surface area contributed by atoms with Crippen LogP contribution in [0, 0.1) is 33.3 Å². The highest BCUT2D eigenvalue weighted by atomic mass is 127. The quantitative estimate of drug-likeness (QED) is 0.103. The first-order valence-electron chi connectivity index (χ1n) is 38.9. The number of hydrogen-bond acceptors (Lipinski definition) is 17. The number of nitrogens with zero attached hydrogens (tertiary/aromatic N) is 13. The van der Waals surface area contributed by atoms with Crippen molar-refractivity contribution in [2.24, 2.45) is 32.4 Å². The van der Waals surface area contributed by atoms with Crippen molar-refractivity contribution in [3.63, 3.8) is 0 Å². The Morgan fingerprint density at radius 3 is 1.49 bits per heavy atom. The lowest BCUT2D eigenvalue weighted by Crippen LogP contribution is -2.48. The molecule has 0 saturated carbocycles. The van der Waals surface area contributed by atoms with Gasteiger partial charge in [0.2, 0.25) is 29.5 Å². The Bertz CT molecular complexity index is 4660. The lowest BCUT2D eigenvalue weighted by atomic mass is 9.93. The van der Waals surface area contributed by atoms with Crippen molar-refractivity contribution in [3.05, 3.63) is 139 Å². The molecule has 4 fully saturated rings. The molecule has 116 heavy (non-hydrogen) atoms. The average Bonchev–Trinajstić information content (AvgIpc) is 1.63. The molecule has 4 saturated heterocycles. The fourth-order valence-corrected chi connectivity index (χ4v) is 15.0. The average molecular weight is 1760 g/mol. The summed E-state index contributed by atoms with van der Waals surface area (Å²) in [7, 11) is 0. The molecule has 8 aliphatic rings. The van der Waals surface area contributed by atoms with E-state index in [1.807, 2.05) is 98.4 Å². The number of aromatic nitrogens is 6. The van der Waals surface area contributed by atoms with Gasteiger partial charge in [0.15, 0.2) is 0 Å². The number of aliphatic imine (C=N–C) groups is 1. The molecular weight excluding hydrogens is 1650 g/mol. The number of nitrogens with one attached hydrogen (secondary N) is 3. The van der Waals surface area contributed by atoms with Gasteiger partial charge in [-0.05, 0) is 162 Å². The summed E-state index contributed by atoms with van der Waals surface area (Å²) in [6.07, 6.45) is 8.02. The maximum absolute atomic E-state index is 13.4. The molecule has 0 bridgehead atoms. The van der Waals surface area contributed by atoms with Gasteiger partial charge in [0.25, 0.3) is 0 Å². The Labute approximate surface area is 702 Å². The molecular formula is C83H112Cl2F2IN17O11. The lowest BCUT2D eigenvalue weighted by molar-refractivity contribution is -0.134. The van der Waals surface area contributed by atoms with Crippen LogP contribution in [0.2, 0.25) is 10.0 Å². The van der Waals surface area contributed by atoms with Crippen LogP contribution in [0.1, 0.15) is 173 Å². The molecule has 5 N–H and O–H groups in total. The second-order valence-electron chi connectivity index (χ2n) is 35.8. The minimum absolute atomic E-state index is 0.0116. The van der Waals surface area contributed by atoms with Gasteiger partial charge in [-0.15, -0.1) is 0 Å². The van der Waals surface area contributed by atoms with Crippen molar-refractivity contribution in [1.82, 2.24) is 54.7 Å². The van der Waals surface area contributed by atoms with Crippen molar-refractivity contribution in [2.75, 3.05) is 59.3 Å². The smallest absolute Gasteiger partial charge is 0.417 e. The van der Waals surface area contributed by atoms with Crippen LogP contribution in [0.15, 0.2) is 100 Å². The van der Waals surface area contributed by atoms with Gasteiger partial charge in [-0.25, -0.2) is 23.2 Å². The van der Waals surface area contributed by atoms with Gasteiger partial charge in [0.1, 0.15) is 28.6 Å². The van der Waals surface area contributed by atoms with Crippen molar-refractivity contribution in [3.8, 4) is 5.75 Å².